The molecule has 0 bridgehead atoms. The number of rotatable bonds is 3. The summed E-state index contributed by atoms with van der Waals surface area (Å²) in [5.41, 5.74) is 0. The van der Waals surface area contributed by atoms with Crippen LogP contribution in [0.3, 0.4) is 0 Å². The van der Waals surface area contributed by atoms with Crippen molar-refractivity contribution in [3.05, 3.63) is 0 Å². The second kappa shape index (κ2) is 5.87. The minimum atomic E-state index is -4.08. The lowest BCUT2D eigenvalue weighted by Gasteiger charge is -2.31. The van der Waals surface area contributed by atoms with E-state index in [9.17, 15) is 13.2 Å². The zero-order chi connectivity index (χ0) is 12.2. The Morgan fingerprint density at radius 3 is 2.62 bits per heavy atom. The topological polar surface area (TPSA) is 15.3 Å². The molecule has 1 aliphatic rings. The molecule has 16 heavy (non-hydrogen) atoms. The highest BCUT2D eigenvalue weighted by molar-refractivity contribution is 4.80. The third-order valence-electron chi connectivity index (χ3n) is 2.82. The van der Waals surface area contributed by atoms with Gasteiger partial charge in [0.05, 0.1) is 6.54 Å². The summed E-state index contributed by atoms with van der Waals surface area (Å²) in [5, 5.41) is 3.21. The summed E-state index contributed by atoms with van der Waals surface area (Å²) in [4.78, 5) is 1.58. The van der Waals surface area contributed by atoms with Crippen LogP contribution in [0.1, 0.15) is 26.7 Å². The first-order chi connectivity index (χ1) is 7.38. The average Bonchev–Trinajstić information content (AvgIpc) is 2.28. The minimum Gasteiger partial charge on any atom is -0.315 e. The maximum atomic E-state index is 12.4. The number of alkyl halides is 3. The number of hydrogen-bond donors (Lipinski definition) is 1. The van der Waals surface area contributed by atoms with Crippen LogP contribution in [0.15, 0.2) is 0 Å². The molecule has 0 aromatic carbocycles. The largest absolute Gasteiger partial charge is 0.401 e. The summed E-state index contributed by atoms with van der Waals surface area (Å²) in [6.45, 7) is 5.38. The summed E-state index contributed by atoms with van der Waals surface area (Å²) in [5.74, 6) is 0.431. The van der Waals surface area contributed by atoms with Gasteiger partial charge in [-0.2, -0.15) is 13.2 Å². The van der Waals surface area contributed by atoms with E-state index in [4.69, 9.17) is 0 Å². The van der Waals surface area contributed by atoms with E-state index in [1.54, 1.807) is 4.90 Å². The Balaban J connectivity index is 2.58. The fourth-order valence-corrected chi connectivity index (χ4v) is 2.20. The molecule has 1 aliphatic heterocycles. The number of hydrogen-bond acceptors (Lipinski definition) is 2. The molecule has 0 aliphatic carbocycles. The molecule has 1 atom stereocenters. The van der Waals surface area contributed by atoms with Gasteiger partial charge in [0.25, 0.3) is 0 Å². The van der Waals surface area contributed by atoms with Crippen molar-refractivity contribution in [1.29, 1.82) is 0 Å². The van der Waals surface area contributed by atoms with E-state index in [-0.39, 0.29) is 6.04 Å². The second-order valence-corrected chi connectivity index (χ2v) is 4.93. The summed E-state index contributed by atoms with van der Waals surface area (Å²) in [7, 11) is 0. The van der Waals surface area contributed by atoms with E-state index in [2.05, 4.69) is 19.2 Å². The number of halogens is 3. The normalized spacial score (nSPS) is 24.8. The van der Waals surface area contributed by atoms with E-state index < -0.39 is 12.7 Å². The molecule has 0 aromatic rings. The Morgan fingerprint density at radius 1 is 1.38 bits per heavy atom. The van der Waals surface area contributed by atoms with Crippen LogP contribution in [-0.4, -0.2) is 43.3 Å². The van der Waals surface area contributed by atoms with Crippen LogP contribution in [-0.2, 0) is 0 Å². The summed E-state index contributed by atoms with van der Waals surface area (Å²) in [6.07, 6.45) is -2.46. The molecule has 5 heteroatoms. The molecule has 1 heterocycles. The van der Waals surface area contributed by atoms with Crippen molar-refractivity contribution in [2.24, 2.45) is 5.92 Å². The van der Waals surface area contributed by atoms with Crippen molar-refractivity contribution >= 4 is 0 Å². The zero-order valence-electron chi connectivity index (χ0n) is 9.98. The van der Waals surface area contributed by atoms with Gasteiger partial charge in [0, 0.05) is 19.1 Å². The van der Waals surface area contributed by atoms with Crippen molar-refractivity contribution in [2.75, 3.05) is 26.2 Å². The van der Waals surface area contributed by atoms with Gasteiger partial charge in [0.2, 0.25) is 0 Å². The van der Waals surface area contributed by atoms with E-state index in [1.807, 2.05) is 0 Å². The Labute approximate surface area is 95.2 Å². The Morgan fingerprint density at radius 2 is 2.06 bits per heavy atom. The van der Waals surface area contributed by atoms with Crippen molar-refractivity contribution in [3.8, 4) is 0 Å². The molecule has 1 unspecified atom stereocenters. The van der Waals surface area contributed by atoms with Crippen LogP contribution >= 0.6 is 0 Å². The third kappa shape index (κ3) is 5.16. The second-order valence-electron chi connectivity index (χ2n) is 4.93. The molecule has 0 saturated carbocycles. The molecule has 1 rings (SSSR count). The molecule has 0 amide bonds. The molecule has 96 valence electrons. The first kappa shape index (κ1) is 13.8. The summed E-state index contributed by atoms with van der Waals surface area (Å²) in [6, 6.07) is 0.0177. The smallest absolute Gasteiger partial charge is 0.315 e. The average molecular weight is 238 g/mol. The highest BCUT2D eigenvalue weighted by atomic mass is 19.4. The predicted molar refractivity (Wildman–Crippen MR) is 58.4 cm³/mol. The SMILES string of the molecule is CC(C)CC1CNCCCN1CC(F)(F)F. The molecule has 0 aromatic heterocycles. The number of nitrogens with one attached hydrogen (secondary N) is 1. The van der Waals surface area contributed by atoms with Gasteiger partial charge in [-0.1, -0.05) is 13.8 Å². The highest BCUT2D eigenvalue weighted by Crippen LogP contribution is 2.21. The van der Waals surface area contributed by atoms with E-state index in [0.717, 1.165) is 19.4 Å². The molecule has 0 spiro atoms. The van der Waals surface area contributed by atoms with Crippen molar-refractivity contribution in [3.63, 3.8) is 0 Å². The monoisotopic (exact) mass is 238 g/mol. The van der Waals surface area contributed by atoms with Gasteiger partial charge in [-0.25, -0.2) is 0 Å². The van der Waals surface area contributed by atoms with Gasteiger partial charge in [-0.15, -0.1) is 0 Å². The van der Waals surface area contributed by atoms with E-state index in [1.165, 1.54) is 0 Å². The third-order valence-corrected chi connectivity index (χ3v) is 2.82. The van der Waals surface area contributed by atoms with Gasteiger partial charge in [-0.3, -0.25) is 4.90 Å². The highest BCUT2D eigenvalue weighted by Gasteiger charge is 2.34. The Kier molecular flexibility index (Phi) is 5.05. The van der Waals surface area contributed by atoms with Crippen molar-refractivity contribution in [2.45, 2.75) is 38.9 Å². The van der Waals surface area contributed by atoms with Crippen molar-refractivity contribution in [1.82, 2.24) is 10.2 Å². The Hall–Kier alpha value is -0.290. The van der Waals surface area contributed by atoms with Crippen LogP contribution in [0.2, 0.25) is 0 Å². The van der Waals surface area contributed by atoms with Gasteiger partial charge in [-0.05, 0) is 25.3 Å². The predicted octanol–water partition coefficient (Wildman–Crippen LogP) is 2.26. The maximum absolute atomic E-state index is 12.4. The van der Waals surface area contributed by atoms with Gasteiger partial charge in [0.15, 0.2) is 0 Å². The molecule has 0 radical (unpaired) electrons. The van der Waals surface area contributed by atoms with Crippen LogP contribution in [0.4, 0.5) is 13.2 Å². The van der Waals surface area contributed by atoms with Crippen LogP contribution < -0.4 is 5.32 Å². The van der Waals surface area contributed by atoms with Gasteiger partial charge < -0.3 is 5.32 Å². The fraction of sp³-hybridized carbons (Fsp3) is 1.00. The van der Waals surface area contributed by atoms with Crippen LogP contribution in [0, 0.1) is 5.92 Å². The number of nitrogens with zero attached hydrogens (tertiary/aromatic N) is 1. The Bertz CT molecular complexity index is 204. The first-order valence-electron chi connectivity index (χ1n) is 5.90. The zero-order valence-corrected chi connectivity index (χ0v) is 9.98. The maximum Gasteiger partial charge on any atom is 0.401 e. The lowest BCUT2D eigenvalue weighted by atomic mass is 10.0. The molecule has 1 N–H and O–H groups in total. The van der Waals surface area contributed by atoms with Crippen LogP contribution in [0.5, 0.6) is 0 Å². The van der Waals surface area contributed by atoms with E-state index in [0.29, 0.717) is 19.0 Å². The molecule has 1 fully saturated rings. The molecular weight excluding hydrogens is 217 g/mol. The molecule has 1 saturated heterocycles. The lowest BCUT2D eigenvalue weighted by molar-refractivity contribution is -0.150. The lowest BCUT2D eigenvalue weighted by Crippen LogP contribution is -2.45. The minimum absolute atomic E-state index is 0.0177. The quantitative estimate of drug-likeness (QED) is 0.811. The summed E-state index contributed by atoms with van der Waals surface area (Å²) < 4.78 is 37.3. The molecular formula is C11H21F3N2. The van der Waals surface area contributed by atoms with Gasteiger partial charge in [0.1, 0.15) is 0 Å². The van der Waals surface area contributed by atoms with Crippen LogP contribution in [0.25, 0.3) is 0 Å². The van der Waals surface area contributed by atoms with Gasteiger partial charge >= 0.3 is 6.18 Å². The van der Waals surface area contributed by atoms with Crippen molar-refractivity contribution < 1.29 is 13.2 Å². The first-order valence-corrected chi connectivity index (χ1v) is 5.90. The summed E-state index contributed by atoms with van der Waals surface area (Å²) >= 11 is 0. The standard InChI is InChI=1S/C11H21F3N2/c1-9(2)6-10-7-15-4-3-5-16(10)8-11(12,13)14/h9-10,15H,3-8H2,1-2H3. The molecule has 2 nitrogen and oxygen atoms in total. The fourth-order valence-electron chi connectivity index (χ4n) is 2.20. The van der Waals surface area contributed by atoms with E-state index >= 15 is 0 Å².